The van der Waals surface area contributed by atoms with Gasteiger partial charge in [0.15, 0.2) is 11.5 Å². The Kier molecular flexibility index (Phi) is 5.65. The molecule has 1 rings (SSSR count). The van der Waals surface area contributed by atoms with Crippen LogP contribution in [0.4, 0.5) is 5.69 Å². The summed E-state index contributed by atoms with van der Waals surface area (Å²) in [5.41, 5.74) is -0.304. The van der Waals surface area contributed by atoms with Crippen molar-refractivity contribution in [3.8, 4) is 11.5 Å². The van der Waals surface area contributed by atoms with E-state index in [-0.39, 0.29) is 35.6 Å². The number of Topliss-reactive ketones (excluding diaryl/α,β-unsaturated/α-hetero) is 1. The summed E-state index contributed by atoms with van der Waals surface area (Å²) in [6.45, 7) is 0. The summed E-state index contributed by atoms with van der Waals surface area (Å²) in [6, 6.07) is 2.44. The van der Waals surface area contributed by atoms with Crippen molar-refractivity contribution in [1.29, 1.82) is 0 Å². The number of nitro groups is 1. The summed E-state index contributed by atoms with van der Waals surface area (Å²) in [6.07, 6.45) is -0.212. The van der Waals surface area contributed by atoms with Crippen LogP contribution >= 0.6 is 0 Å². The molecule has 8 heteroatoms. The lowest BCUT2D eigenvalue weighted by Crippen LogP contribution is -2.07. The second-order valence-corrected chi connectivity index (χ2v) is 3.99. The van der Waals surface area contributed by atoms with Crippen LogP contribution in [0.1, 0.15) is 23.2 Å². The van der Waals surface area contributed by atoms with Crippen molar-refractivity contribution in [2.45, 2.75) is 12.8 Å². The Morgan fingerprint density at radius 2 is 1.81 bits per heavy atom. The number of nitrogens with zero attached hydrogens (tertiary/aromatic N) is 1. The standard InChI is InChI=1S/C13H15NO7/c1-19-11-7-8(10(15)4-5-12(16)20-2)6-9(14(17)18)13(11)21-3/h6-7H,4-5H2,1-3H3. The highest BCUT2D eigenvalue weighted by Crippen LogP contribution is 2.38. The van der Waals surface area contributed by atoms with E-state index in [1.807, 2.05) is 0 Å². The highest BCUT2D eigenvalue weighted by molar-refractivity contribution is 5.99. The molecule has 1 aromatic rings. The zero-order valence-corrected chi connectivity index (χ0v) is 11.9. The molecule has 0 saturated carbocycles. The Morgan fingerprint density at radius 1 is 1.14 bits per heavy atom. The van der Waals surface area contributed by atoms with Gasteiger partial charge in [0.25, 0.3) is 0 Å². The van der Waals surface area contributed by atoms with Crippen molar-refractivity contribution >= 4 is 17.4 Å². The van der Waals surface area contributed by atoms with Gasteiger partial charge in [0.2, 0.25) is 5.75 Å². The lowest BCUT2D eigenvalue weighted by molar-refractivity contribution is -0.385. The van der Waals surface area contributed by atoms with E-state index < -0.39 is 16.7 Å². The molecule has 0 amide bonds. The van der Waals surface area contributed by atoms with Gasteiger partial charge < -0.3 is 14.2 Å². The number of nitro benzene ring substituents is 1. The Balaban J connectivity index is 3.13. The molecular formula is C13H15NO7. The average Bonchev–Trinajstić information content (AvgIpc) is 2.50. The molecule has 0 aliphatic heterocycles. The summed E-state index contributed by atoms with van der Waals surface area (Å²) in [5.74, 6) is -0.942. The molecular weight excluding hydrogens is 282 g/mol. The van der Waals surface area contributed by atoms with Gasteiger partial charge in [-0.15, -0.1) is 0 Å². The van der Waals surface area contributed by atoms with E-state index in [1.54, 1.807) is 0 Å². The summed E-state index contributed by atoms with van der Waals surface area (Å²) < 4.78 is 14.4. The molecule has 0 aliphatic carbocycles. The molecule has 0 unspecified atom stereocenters. The number of methoxy groups -OCH3 is 3. The topological polar surface area (TPSA) is 105 Å². The van der Waals surface area contributed by atoms with Gasteiger partial charge in [-0.05, 0) is 6.07 Å². The van der Waals surface area contributed by atoms with E-state index in [9.17, 15) is 19.7 Å². The molecule has 0 aliphatic rings. The van der Waals surface area contributed by atoms with Crippen molar-refractivity contribution in [1.82, 2.24) is 0 Å². The first-order chi connectivity index (χ1) is 9.94. The summed E-state index contributed by atoms with van der Waals surface area (Å²) in [7, 11) is 3.79. The summed E-state index contributed by atoms with van der Waals surface area (Å²) in [5, 5.41) is 11.0. The first kappa shape index (κ1) is 16.4. The molecule has 8 nitrogen and oxygen atoms in total. The number of carbonyl (C=O) groups excluding carboxylic acids is 2. The molecule has 0 atom stereocenters. The SMILES string of the molecule is COC(=O)CCC(=O)c1cc(OC)c(OC)c([N+](=O)[O-])c1. The fourth-order valence-corrected chi connectivity index (χ4v) is 1.70. The highest BCUT2D eigenvalue weighted by atomic mass is 16.6. The third-order valence-electron chi connectivity index (χ3n) is 2.76. The fourth-order valence-electron chi connectivity index (χ4n) is 1.70. The number of ether oxygens (including phenoxy) is 3. The predicted molar refractivity (Wildman–Crippen MR) is 71.8 cm³/mol. The van der Waals surface area contributed by atoms with Gasteiger partial charge in [0, 0.05) is 18.1 Å². The fraction of sp³-hybridized carbons (Fsp3) is 0.385. The van der Waals surface area contributed by atoms with Crippen molar-refractivity contribution in [3.63, 3.8) is 0 Å². The maximum atomic E-state index is 12.0. The van der Waals surface area contributed by atoms with Crippen LogP contribution in [-0.4, -0.2) is 38.0 Å². The molecule has 0 radical (unpaired) electrons. The molecule has 0 heterocycles. The van der Waals surface area contributed by atoms with Crippen molar-refractivity contribution in [2.75, 3.05) is 21.3 Å². The van der Waals surface area contributed by atoms with Gasteiger partial charge in [-0.25, -0.2) is 0 Å². The maximum Gasteiger partial charge on any atom is 0.315 e. The molecule has 0 spiro atoms. The molecule has 0 bridgehead atoms. The minimum absolute atomic E-state index is 0.0629. The van der Waals surface area contributed by atoms with E-state index in [0.717, 1.165) is 6.07 Å². The van der Waals surface area contributed by atoms with Crippen molar-refractivity contribution in [2.24, 2.45) is 0 Å². The normalized spacial score (nSPS) is 9.86. The molecule has 114 valence electrons. The molecule has 0 aromatic heterocycles. The summed E-state index contributed by atoms with van der Waals surface area (Å²) >= 11 is 0. The van der Waals surface area contributed by atoms with Crippen molar-refractivity contribution in [3.05, 3.63) is 27.8 Å². The lowest BCUT2D eigenvalue weighted by Gasteiger charge is -2.09. The Labute approximate surface area is 120 Å². The van der Waals surface area contributed by atoms with Crippen LogP contribution < -0.4 is 9.47 Å². The van der Waals surface area contributed by atoms with Gasteiger partial charge in [0.1, 0.15) is 0 Å². The number of carbonyl (C=O) groups is 2. The minimum atomic E-state index is -0.668. The first-order valence-electron chi connectivity index (χ1n) is 5.95. The van der Waals surface area contributed by atoms with Gasteiger partial charge in [-0.1, -0.05) is 0 Å². The van der Waals surface area contributed by atoms with Crippen LogP contribution in [0, 0.1) is 10.1 Å². The number of ketones is 1. The van der Waals surface area contributed by atoms with Crippen LogP contribution in [0.5, 0.6) is 11.5 Å². The van der Waals surface area contributed by atoms with E-state index in [4.69, 9.17) is 9.47 Å². The quantitative estimate of drug-likeness (QED) is 0.326. The van der Waals surface area contributed by atoms with E-state index in [1.165, 1.54) is 27.4 Å². The van der Waals surface area contributed by atoms with Crippen LogP contribution in [0.15, 0.2) is 12.1 Å². The zero-order chi connectivity index (χ0) is 16.0. The Hall–Kier alpha value is -2.64. The lowest BCUT2D eigenvalue weighted by atomic mass is 10.0. The van der Waals surface area contributed by atoms with Crippen LogP contribution in [0.25, 0.3) is 0 Å². The molecule has 1 aromatic carbocycles. The predicted octanol–water partition coefficient (Wildman–Crippen LogP) is 1.75. The van der Waals surface area contributed by atoms with Gasteiger partial charge in [-0.2, -0.15) is 0 Å². The summed E-state index contributed by atoms with van der Waals surface area (Å²) in [4.78, 5) is 33.4. The number of rotatable bonds is 7. The second kappa shape index (κ2) is 7.22. The van der Waals surface area contributed by atoms with Crippen LogP contribution in [0.2, 0.25) is 0 Å². The zero-order valence-electron chi connectivity index (χ0n) is 11.9. The number of hydrogen-bond acceptors (Lipinski definition) is 7. The van der Waals surface area contributed by atoms with Gasteiger partial charge in [-0.3, -0.25) is 19.7 Å². The molecule has 0 saturated heterocycles. The molecule has 0 N–H and O–H groups in total. The maximum absolute atomic E-state index is 12.0. The average molecular weight is 297 g/mol. The Morgan fingerprint density at radius 3 is 2.29 bits per heavy atom. The van der Waals surface area contributed by atoms with Gasteiger partial charge in [0.05, 0.1) is 32.7 Å². The second-order valence-electron chi connectivity index (χ2n) is 3.99. The van der Waals surface area contributed by atoms with Crippen LogP contribution in [0.3, 0.4) is 0 Å². The van der Waals surface area contributed by atoms with E-state index >= 15 is 0 Å². The molecule has 21 heavy (non-hydrogen) atoms. The highest BCUT2D eigenvalue weighted by Gasteiger charge is 2.24. The third kappa shape index (κ3) is 3.91. The third-order valence-corrected chi connectivity index (χ3v) is 2.76. The van der Waals surface area contributed by atoms with E-state index in [2.05, 4.69) is 4.74 Å². The first-order valence-corrected chi connectivity index (χ1v) is 5.95. The van der Waals surface area contributed by atoms with Crippen molar-refractivity contribution < 1.29 is 28.7 Å². The number of benzene rings is 1. The van der Waals surface area contributed by atoms with E-state index in [0.29, 0.717) is 0 Å². The number of esters is 1. The number of hydrogen-bond donors (Lipinski definition) is 0. The van der Waals surface area contributed by atoms with Crippen LogP contribution in [-0.2, 0) is 9.53 Å². The smallest absolute Gasteiger partial charge is 0.315 e. The molecule has 0 fully saturated rings. The minimum Gasteiger partial charge on any atom is -0.493 e. The largest absolute Gasteiger partial charge is 0.493 e. The monoisotopic (exact) mass is 297 g/mol. The Bertz CT molecular complexity index is 568. The van der Waals surface area contributed by atoms with Gasteiger partial charge >= 0.3 is 11.7 Å².